The summed E-state index contributed by atoms with van der Waals surface area (Å²) in [5.41, 5.74) is 1.03. The van der Waals surface area contributed by atoms with Crippen LogP contribution in [0.2, 0.25) is 0 Å². The molecule has 0 radical (unpaired) electrons. The van der Waals surface area contributed by atoms with Crippen LogP contribution in [0, 0.1) is 11.6 Å². The van der Waals surface area contributed by atoms with Gasteiger partial charge in [0.2, 0.25) is 0 Å². The largest absolute Gasteiger partial charge is 0.369 e. The molecule has 0 saturated heterocycles. The van der Waals surface area contributed by atoms with Crippen LogP contribution in [0.25, 0.3) is 0 Å². The van der Waals surface area contributed by atoms with Crippen molar-refractivity contribution in [3.8, 4) is 0 Å². The van der Waals surface area contributed by atoms with Gasteiger partial charge in [0.1, 0.15) is 17.2 Å². The van der Waals surface area contributed by atoms with Gasteiger partial charge in [-0.15, -0.1) is 0 Å². The molecule has 0 aromatic heterocycles. The molecule has 0 aliphatic heterocycles. The van der Waals surface area contributed by atoms with E-state index in [0.717, 1.165) is 11.1 Å². The van der Waals surface area contributed by atoms with E-state index in [2.05, 4.69) is 0 Å². The smallest absolute Gasteiger partial charge is 0.123 e. The first-order valence-electron chi connectivity index (χ1n) is 6.19. The summed E-state index contributed by atoms with van der Waals surface area (Å²) < 4.78 is 31.8. The fourth-order valence-corrected chi connectivity index (χ4v) is 2.39. The Morgan fingerprint density at radius 1 is 0.842 bits per heavy atom. The maximum atomic E-state index is 13.0. The molecule has 0 atom stereocenters. The molecule has 100 valence electrons. The van der Waals surface area contributed by atoms with Crippen LogP contribution in [-0.2, 0) is 10.3 Å². The average Bonchev–Trinajstić information content (AvgIpc) is 2.44. The van der Waals surface area contributed by atoms with Gasteiger partial charge in [0, 0.05) is 7.11 Å². The Morgan fingerprint density at radius 2 is 1.21 bits per heavy atom. The van der Waals surface area contributed by atoms with E-state index in [1.807, 2.05) is 6.92 Å². The topological polar surface area (TPSA) is 9.23 Å². The maximum absolute atomic E-state index is 13.0. The van der Waals surface area contributed by atoms with E-state index >= 15 is 0 Å². The van der Waals surface area contributed by atoms with Crippen LogP contribution in [0.3, 0.4) is 0 Å². The van der Waals surface area contributed by atoms with Crippen LogP contribution in [0.4, 0.5) is 8.78 Å². The van der Waals surface area contributed by atoms with Crippen LogP contribution in [0.1, 0.15) is 24.5 Å². The number of halogens is 2. The summed E-state index contributed by atoms with van der Waals surface area (Å²) in [6.45, 7) is 1.98. The van der Waals surface area contributed by atoms with Gasteiger partial charge >= 0.3 is 0 Å². The molecule has 0 bridgehead atoms. The maximum Gasteiger partial charge on any atom is 0.123 e. The molecule has 0 aliphatic carbocycles. The third-order valence-electron chi connectivity index (χ3n) is 3.47. The number of ether oxygens (including phenoxy) is 1. The number of rotatable bonds is 4. The number of benzene rings is 2. The first kappa shape index (κ1) is 13.7. The molecule has 2 aromatic carbocycles. The lowest BCUT2D eigenvalue weighted by Gasteiger charge is -2.32. The molecular formula is C16H16F2O. The second-order valence-corrected chi connectivity index (χ2v) is 4.40. The second kappa shape index (κ2) is 5.49. The Balaban J connectivity index is 2.53. The Kier molecular flexibility index (Phi) is 3.96. The van der Waals surface area contributed by atoms with E-state index in [1.54, 1.807) is 31.4 Å². The van der Waals surface area contributed by atoms with Gasteiger partial charge in [0.15, 0.2) is 0 Å². The molecule has 2 rings (SSSR count). The summed E-state index contributed by atoms with van der Waals surface area (Å²) in [6.07, 6.45) is 0.667. The van der Waals surface area contributed by atoms with E-state index < -0.39 is 5.60 Å². The van der Waals surface area contributed by atoms with Gasteiger partial charge in [0.25, 0.3) is 0 Å². The van der Waals surface area contributed by atoms with Crippen molar-refractivity contribution in [1.29, 1.82) is 0 Å². The van der Waals surface area contributed by atoms with E-state index in [-0.39, 0.29) is 11.6 Å². The molecule has 0 amide bonds. The van der Waals surface area contributed by atoms with Crippen LogP contribution in [0.5, 0.6) is 0 Å². The highest BCUT2D eigenvalue weighted by Crippen LogP contribution is 2.36. The Bertz CT molecular complexity index is 480. The number of hydrogen-bond acceptors (Lipinski definition) is 1. The molecule has 19 heavy (non-hydrogen) atoms. The summed E-state index contributed by atoms with van der Waals surface area (Å²) in [6, 6.07) is 12.4. The van der Waals surface area contributed by atoms with Crippen molar-refractivity contribution in [3.05, 3.63) is 71.3 Å². The highest BCUT2D eigenvalue weighted by atomic mass is 19.1. The van der Waals surface area contributed by atoms with Crippen molar-refractivity contribution in [2.24, 2.45) is 0 Å². The molecule has 0 saturated carbocycles. The lowest BCUT2D eigenvalue weighted by Crippen LogP contribution is -2.29. The van der Waals surface area contributed by atoms with Crippen LogP contribution < -0.4 is 0 Å². The highest BCUT2D eigenvalue weighted by Gasteiger charge is 2.32. The first-order valence-corrected chi connectivity index (χ1v) is 6.19. The summed E-state index contributed by atoms with van der Waals surface area (Å²) >= 11 is 0. The summed E-state index contributed by atoms with van der Waals surface area (Å²) in [4.78, 5) is 0. The molecular weight excluding hydrogens is 246 g/mol. The van der Waals surface area contributed by atoms with Crippen molar-refractivity contribution in [2.45, 2.75) is 18.9 Å². The Hall–Kier alpha value is -1.74. The molecule has 2 aromatic rings. The summed E-state index contributed by atoms with van der Waals surface area (Å²) in [7, 11) is 1.61. The van der Waals surface area contributed by atoms with Crippen LogP contribution in [-0.4, -0.2) is 7.11 Å². The van der Waals surface area contributed by atoms with Gasteiger partial charge in [-0.3, -0.25) is 0 Å². The van der Waals surface area contributed by atoms with Crippen LogP contribution in [0.15, 0.2) is 48.5 Å². The minimum atomic E-state index is -0.679. The SMILES string of the molecule is CCC(OC)(c1ccc(F)cc1)c1ccc(F)cc1. The van der Waals surface area contributed by atoms with Gasteiger partial charge in [-0.25, -0.2) is 8.78 Å². The zero-order chi connectivity index (χ0) is 13.9. The number of hydrogen-bond donors (Lipinski definition) is 0. The van der Waals surface area contributed by atoms with E-state index in [9.17, 15) is 8.78 Å². The Morgan fingerprint density at radius 3 is 1.47 bits per heavy atom. The fraction of sp³-hybridized carbons (Fsp3) is 0.250. The monoisotopic (exact) mass is 262 g/mol. The summed E-state index contributed by atoms with van der Waals surface area (Å²) in [5.74, 6) is -0.576. The van der Waals surface area contributed by atoms with Gasteiger partial charge in [-0.2, -0.15) is 0 Å². The molecule has 0 fully saturated rings. The van der Waals surface area contributed by atoms with E-state index in [0.29, 0.717) is 6.42 Å². The van der Waals surface area contributed by atoms with E-state index in [4.69, 9.17) is 4.74 Å². The highest BCUT2D eigenvalue weighted by molar-refractivity contribution is 5.36. The predicted octanol–water partition coefficient (Wildman–Crippen LogP) is 4.26. The minimum Gasteiger partial charge on any atom is -0.369 e. The normalized spacial score (nSPS) is 11.6. The van der Waals surface area contributed by atoms with Gasteiger partial charge in [-0.1, -0.05) is 31.2 Å². The minimum absolute atomic E-state index is 0.288. The van der Waals surface area contributed by atoms with Gasteiger partial charge in [-0.05, 0) is 41.8 Å². The average molecular weight is 262 g/mol. The second-order valence-electron chi connectivity index (χ2n) is 4.40. The zero-order valence-corrected chi connectivity index (χ0v) is 11.0. The quantitative estimate of drug-likeness (QED) is 0.799. The van der Waals surface area contributed by atoms with Crippen LogP contribution >= 0.6 is 0 Å². The van der Waals surface area contributed by atoms with Crippen molar-refractivity contribution in [3.63, 3.8) is 0 Å². The first-order chi connectivity index (χ1) is 9.12. The summed E-state index contributed by atoms with van der Waals surface area (Å²) in [5, 5.41) is 0. The molecule has 0 aliphatic rings. The molecule has 0 spiro atoms. The fourth-order valence-electron chi connectivity index (χ4n) is 2.39. The standard InChI is InChI=1S/C16H16F2O/c1-3-16(19-2,12-4-8-14(17)9-5-12)13-6-10-15(18)11-7-13/h4-11H,3H2,1-2H3. The Labute approximate surface area is 111 Å². The van der Waals surface area contributed by atoms with Crippen molar-refractivity contribution in [2.75, 3.05) is 7.11 Å². The third kappa shape index (κ3) is 2.51. The molecule has 0 heterocycles. The zero-order valence-electron chi connectivity index (χ0n) is 11.0. The van der Waals surface area contributed by atoms with E-state index in [1.165, 1.54) is 24.3 Å². The number of methoxy groups -OCH3 is 1. The predicted molar refractivity (Wildman–Crippen MR) is 70.9 cm³/mol. The molecule has 3 heteroatoms. The van der Waals surface area contributed by atoms with Crippen molar-refractivity contribution >= 4 is 0 Å². The van der Waals surface area contributed by atoms with Gasteiger partial charge in [0.05, 0.1) is 0 Å². The van der Waals surface area contributed by atoms with Crippen molar-refractivity contribution in [1.82, 2.24) is 0 Å². The molecule has 0 N–H and O–H groups in total. The van der Waals surface area contributed by atoms with Crippen molar-refractivity contribution < 1.29 is 13.5 Å². The third-order valence-corrected chi connectivity index (χ3v) is 3.47. The lowest BCUT2D eigenvalue weighted by atomic mass is 9.84. The molecule has 1 nitrogen and oxygen atoms in total. The van der Waals surface area contributed by atoms with Gasteiger partial charge < -0.3 is 4.74 Å². The lowest BCUT2D eigenvalue weighted by molar-refractivity contribution is 0.0185. The molecule has 0 unspecified atom stereocenters.